The average molecular weight is 293 g/mol. The Labute approximate surface area is 124 Å². The molecule has 108 valence electrons. The van der Waals surface area contributed by atoms with Crippen LogP contribution in [-0.2, 0) is 0 Å². The lowest BCUT2D eigenvalue weighted by Crippen LogP contribution is -1.98. The third-order valence-electron chi connectivity index (χ3n) is 3.36. The predicted octanol–water partition coefficient (Wildman–Crippen LogP) is 1.78. The fourth-order valence-electron chi connectivity index (χ4n) is 2.38. The Hall–Kier alpha value is -3.29. The van der Waals surface area contributed by atoms with Gasteiger partial charge in [-0.1, -0.05) is 0 Å². The molecule has 4 aromatic rings. The van der Waals surface area contributed by atoms with Crippen LogP contribution in [0, 0.1) is 0 Å². The minimum absolute atomic E-state index is 0.259. The zero-order valence-electron chi connectivity index (χ0n) is 11.7. The third kappa shape index (κ3) is 1.74. The van der Waals surface area contributed by atoms with E-state index in [1.54, 1.807) is 24.0 Å². The van der Waals surface area contributed by atoms with Crippen molar-refractivity contribution in [1.29, 1.82) is 0 Å². The lowest BCUT2D eigenvalue weighted by atomic mass is 10.1. The highest BCUT2D eigenvalue weighted by molar-refractivity contribution is 5.84. The minimum Gasteiger partial charge on any atom is -0.479 e. The molecule has 0 saturated carbocycles. The SMILES string of the molecule is C=Nc1nc(OC)c2c(-c3cnc4nccn4c3)ccn2n1. The molecule has 0 aliphatic carbocycles. The molecule has 0 aromatic carbocycles. The van der Waals surface area contributed by atoms with Gasteiger partial charge in [-0.25, -0.2) is 19.5 Å². The highest BCUT2D eigenvalue weighted by Gasteiger charge is 2.15. The fourth-order valence-corrected chi connectivity index (χ4v) is 2.38. The van der Waals surface area contributed by atoms with Crippen molar-refractivity contribution in [2.45, 2.75) is 0 Å². The number of fused-ring (bicyclic) bond motifs is 2. The van der Waals surface area contributed by atoms with Crippen molar-refractivity contribution in [3.8, 4) is 17.0 Å². The molecule has 4 heterocycles. The number of aliphatic imine (C=N–C) groups is 1. The van der Waals surface area contributed by atoms with E-state index in [0.717, 1.165) is 16.6 Å². The van der Waals surface area contributed by atoms with Gasteiger partial charge in [-0.3, -0.25) is 4.40 Å². The first-order valence-corrected chi connectivity index (χ1v) is 6.49. The van der Waals surface area contributed by atoms with Gasteiger partial charge in [0, 0.05) is 42.1 Å². The molecule has 4 aromatic heterocycles. The summed E-state index contributed by atoms with van der Waals surface area (Å²) in [5.74, 6) is 1.34. The summed E-state index contributed by atoms with van der Waals surface area (Å²) in [7, 11) is 1.56. The molecule has 0 aliphatic rings. The number of hydrogen-bond donors (Lipinski definition) is 0. The molecule has 0 atom stereocenters. The van der Waals surface area contributed by atoms with E-state index in [2.05, 4.69) is 31.8 Å². The van der Waals surface area contributed by atoms with Crippen molar-refractivity contribution in [2.24, 2.45) is 4.99 Å². The van der Waals surface area contributed by atoms with Gasteiger partial charge in [-0.05, 0) is 12.8 Å². The summed E-state index contributed by atoms with van der Waals surface area (Å²) in [4.78, 5) is 16.4. The summed E-state index contributed by atoms with van der Waals surface area (Å²) in [6.45, 7) is 3.44. The topological polar surface area (TPSA) is 82.0 Å². The highest BCUT2D eigenvalue weighted by atomic mass is 16.5. The quantitative estimate of drug-likeness (QED) is 0.538. The van der Waals surface area contributed by atoms with Crippen LogP contribution in [0.15, 0.2) is 42.0 Å². The van der Waals surface area contributed by atoms with Crippen molar-refractivity contribution in [3.63, 3.8) is 0 Å². The molecule has 0 fully saturated rings. The van der Waals surface area contributed by atoms with Crippen LogP contribution >= 0.6 is 0 Å². The van der Waals surface area contributed by atoms with Crippen LogP contribution in [0.3, 0.4) is 0 Å². The first-order chi connectivity index (χ1) is 10.8. The molecule has 8 nitrogen and oxygen atoms in total. The van der Waals surface area contributed by atoms with Crippen LogP contribution in [0.4, 0.5) is 5.95 Å². The number of hydrogen-bond acceptors (Lipinski definition) is 6. The van der Waals surface area contributed by atoms with E-state index in [0.29, 0.717) is 11.7 Å². The standard InChI is InChI=1S/C14H11N7O/c1-15-13-18-12(22-2)11-10(3-5-21(11)19-13)9-7-17-14-16-4-6-20(14)8-9/h3-8H,1H2,2H3. The van der Waals surface area contributed by atoms with Crippen molar-refractivity contribution in [1.82, 2.24) is 29.0 Å². The normalized spacial score (nSPS) is 11.1. The number of nitrogens with zero attached hydrogens (tertiary/aromatic N) is 7. The van der Waals surface area contributed by atoms with Crippen LogP contribution in [0.1, 0.15) is 0 Å². The lowest BCUT2D eigenvalue weighted by Gasteiger charge is -2.06. The second-order valence-electron chi connectivity index (χ2n) is 4.58. The number of ether oxygens (including phenoxy) is 1. The molecule has 22 heavy (non-hydrogen) atoms. The smallest absolute Gasteiger partial charge is 0.269 e. The molecule has 0 aliphatic heterocycles. The molecular weight excluding hydrogens is 282 g/mol. The number of aromatic nitrogens is 6. The van der Waals surface area contributed by atoms with Gasteiger partial charge in [0.25, 0.3) is 5.95 Å². The lowest BCUT2D eigenvalue weighted by molar-refractivity contribution is 0.400. The van der Waals surface area contributed by atoms with E-state index >= 15 is 0 Å². The molecule has 0 spiro atoms. The average Bonchev–Trinajstić information content (AvgIpc) is 3.19. The zero-order valence-corrected chi connectivity index (χ0v) is 11.7. The molecule has 8 heteroatoms. The van der Waals surface area contributed by atoms with Crippen molar-refractivity contribution in [3.05, 3.63) is 37.1 Å². The van der Waals surface area contributed by atoms with E-state index in [4.69, 9.17) is 4.74 Å². The Balaban J connectivity index is 1.99. The Morgan fingerprint density at radius 3 is 3.00 bits per heavy atom. The van der Waals surface area contributed by atoms with Gasteiger partial charge >= 0.3 is 0 Å². The van der Waals surface area contributed by atoms with E-state index in [1.165, 1.54) is 0 Å². The Bertz CT molecular complexity index is 1000. The van der Waals surface area contributed by atoms with Crippen molar-refractivity contribution in [2.75, 3.05) is 7.11 Å². The van der Waals surface area contributed by atoms with Crippen molar-refractivity contribution >= 4 is 24.0 Å². The van der Waals surface area contributed by atoms with Crippen LogP contribution < -0.4 is 4.74 Å². The predicted molar refractivity (Wildman–Crippen MR) is 80.7 cm³/mol. The molecule has 4 rings (SSSR count). The van der Waals surface area contributed by atoms with E-state index in [1.807, 2.05) is 29.1 Å². The molecule has 0 unspecified atom stereocenters. The summed E-state index contributed by atoms with van der Waals surface area (Å²) in [5.41, 5.74) is 2.57. The summed E-state index contributed by atoms with van der Waals surface area (Å²) in [6, 6.07) is 1.93. The first-order valence-electron chi connectivity index (χ1n) is 6.49. The summed E-state index contributed by atoms with van der Waals surface area (Å²) in [5, 5.41) is 4.26. The minimum atomic E-state index is 0.259. The molecular formula is C14H11N7O. The zero-order chi connectivity index (χ0) is 15.1. The maximum absolute atomic E-state index is 5.36. The Morgan fingerprint density at radius 1 is 1.27 bits per heavy atom. The monoisotopic (exact) mass is 293 g/mol. The first kappa shape index (κ1) is 12.5. The maximum Gasteiger partial charge on any atom is 0.269 e. The van der Waals surface area contributed by atoms with Gasteiger partial charge in [0.1, 0.15) is 5.52 Å². The van der Waals surface area contributed by atoms with Crippen LogP contribution in [0.5, 0.6) is 5.88 Å². The molecule has 0 amide bonds. The van der Waals surface area contributed by atoms with E-state index < -0.39 is 0 Å². The van der Waals surface area contributed by atoms with Gasteiger partial charge < -0.3 is 4.74 Å². The number of rotatable bonds is 3. The van der Waals surface area contributed by atoms with Crippen LogP contribution in [-0.4, -0.2) is 42.8 Å². The maximum atomic E-state index is 5.36. The van der Waals surface area contributed by atoms with E-state index in [-0.39, 0.29) is 5.95 Å². The fraction of sp³-hybridized carbons (Fsp3) is 0.0714. The second-order valence-corrected chi connectivity index (χ2v) is 4.58. The molecule has 0 bridgehead atoms. The van der Waals surface area contributed by atoms with Crippen LogP contribution in [0.2, 0.25) is 0 Å². The van der Waals surface area contributed by atoms with Gasteiger partial charge in [0.2, 0.25) is 11.7 Å². The van der Waals surface area contributed by atoms with Gasteiger partial charge in [0.05, 0.1) is 7.11 Å². The summed E-state index contributed by atoms with van der Waals surface area (Å²) < 4.78 is 8.89. The van der Waals surface area contributed by atoms with Gasteiger partial charge in [0.15, 0.2) is 0 Å². The van der Waals surface area contributed by atoms with Crippen molar-refractivity contribution < 1.29 is 4.74 Å². The number of imidazole rings is 1. The summed E-state index contributed by atoms with van der Waals surface area (Å²) in [6.07, 6.45) is 9.08. The number of methoxy groups -OCH3 is 1. The molecule has 0 radical (unpaired) electrons. The second kappa shape index (κ2) is 4.62. The third-order valence-corrected chi connectivity index (χ3v) is 3.36. The molecule has 0 N–H and O–H groups in total. The Kier molecular flexibility index (Phi) is 2.62. The van der Waals surface area contributed by atoms with Gasteiger partial charge in [-0.2, -0.15) is 4.98 Å². The summed E-state index contributed by atoms with van der Waals surface area (Å²) >= 11 is 0. The van der Waals surface area contributed by atoms with Gasteiger partial charge in [-0.15, -0.1) is 5.10 Å². The highest BCUT2D eigenvalue weighted by Crippen LogP contribution is 2.31. The molecule has 0 saturated heterocycles. The van der Waals surface area contributed by atoms with E-state index in [9.17, 15) is 0 Å². The Morgan fingerprint density at radius 2 is 2.18 bits per heavy atom. The largest absolute Gasteiger partial charge is 0.479 e. The van der Waals surface area contributed by atoms with Crippen LogP contribution in [0.25, 0.3) is 22.4 Å².